The summed E-state index contributed by atoms with van der Waals surface area (Å²) >= 11 is 0. The molecule has 1 aliphatic rings. The summed E-state index contributed by atoms with van der Waals surface area (Å²) in [7, 11) is 0. The minimum absolute atomic E-state index is 0.416. The van der Waals surface area contributed by atoms with Crippen LogP contribution in [0.4, 0.5) is 13.2 Å². The van der Waals surface area contributed by atoms with Crippen LogP contribution in [0.3, 0.4) is 0 Å². The average molecular weight is 254 g/mol. The Morgan fingerprint density at radius 3 is 1.76 bits per heavy atom. The number of hydrogen-bond acceptors (Lipinski definition) is 3. The molecule has 0 radical (unpaired) electrons. The molecular formula is C11H21F3N2O. The summed E-state index contributed by atoms with van der Waals surface area (Å²) in [4.78, 5) is 3.44. The molecule has 102 valence electrons. The van der Waals surface area contributed by atoms with E-state index in [9.17, 15) is 18.3 Å². The maximum Gasteiger partial charge on any atom is 0.401 e. The van der Waals surface area contributed by atoms with Gasteiger partial charge in [-0.25, -0.2) is 0 Å². The number of β-amino-alcohol motifs (C(OH)–C–C–N with tert-alkyl or cyclic N) is 1. The van der Waals surface area contributed by atoms with Crippen LogP contribution >= 0.6 is 0 Å². The summed E-state index contributed by atoms with van der Waals surface area (Å²) < 4.78 is 36.5. The van der Waals surface area contributed by atoms with E-state index in [0.29, 0.717) is 39.1 Å². The summed E-state index contributed by atoms with van der Waals surface area (Å²) in [5.41, 5.74) is -0.744. The predicted octanol–water partition coefficient (Wildman–Crippen LogP) is 1.33. The van der Waals surface area contributed by atoms with Gasteiger partial charge < -0.3 is 5.11 Å². The Bertz CT molecular complexity index is 235. The van der Waals surface area contributed by atoms with Crippen LogP contribution in [0, 0.1) is 0 Å². The summed E-state index contributed by atoms with van der Waals surface area (Å²) in [5.74, 6) is 0. The molecule has 0 spiro atoms. The Kier molecular flexibility index (Phi) is 4.80. The van der Waals surface area contributed by atoms with E-state index in [-0.39, 0.29) is 0 Å². The molecule has 0 aromatic carbocycles. The van der Waals surface area contributed by atoms with E-state index in [1.54, 1.807) is 6.92 Å². The number of aliphatic hydroxyl groups is 1. The second-order valence-corrected chi connectivity index (χ2v) is 5.02. The van der Waals surface area contributed by atoms with Crippen molar-refractivity contribution in [2.24, 2.45) is 0 Å². The zero-order chi connectivity index (χ0) is 13.1. The van der Waals surface area contributed by atoms with Crippen molar-refractivity contribution in [3.05, 3.63) is 0 Å². The zero-order valence-corrected chi connectivity index (χ0v) is 10.4. The third kappa shape index (κ3) is 5.70. The monoisotopic (exact) mass is 254 g/mol. The van der Waals surface area contributed by atoms with Gasteiger partial charge in [-0.3, -0.25) is 9.80 Å². The van der Waals surface area contributed by atoms with E-state index in [0.717, 1.165) is 0 Å². The van der Waals surface area contributed by atoms with E-state index >= 15 is 0 Å². The summed E-state index contributed by atoms with van der Waals surface area (Å²) in [6, 6.07) is 0. The highest BCUT2D eigenvalue weighted by molar-refractivity contribution is 4.80. The molecule has 1 unspecified atom stereocenters. The normalized spacial score (nSPS) is 23.6. The molecular weight excluding hydrogens is 233 g/mol. The lowest BCUT2D eigenvalue weighted by molar-refractivity contribution is -0.150. The van der Waals surface area contributed by atoms with E-state index in [1.807, 2.05) is 11.8 Å². The van der Waals surface area contributed by atoms with Crippen molar-refractivity contribution in [1.29, 1.82) is 0 Å². The van der Waals surface area contributed by atoms with Crippen molar-refractivity contribution in [1.82, 2.24) is 9.80 Å². The fraction of sp³-hybridized carbons (Fsp3) is 1.00. The largest absolute Gasteiger partial charge is 0.401 e. The maximum atomic E-state index is 12.2. The highest BCUT2D eigenvalue weighted by atomic mass is 19.4. The zero-order valence-electron chi connectivity index (χ0n) is 10.4. The molecule has 1 saturated heterocycles. The van der Waals surface area contributed by atoms with Crippen LogP contribution in [0.2, 0.25) is 0 Å². The number of hydrogen-bond donors (Lipinski definition) is 1. The molecule has 1 aliphatic heterocycles. The number of alkyl halides is 3. The molecule has 0 aliphatic carbocycles. The molecule has 1 fully saturated rings. The number of halogens is 3. The summed E-state index contributed by atoms with van der Waals surface area (Å²) in [5, 5.41) is 9.89. The van der Waals surface area contributed by atoms with Crippen molar-refractivity contribution in [3.63, 3.8) is 0 Å². The topological polar surface area (TPSA) is 26.7 Å². The Labute approximate surface area is 100 Å². The first-order valence-corrected chi connectivity index (χ1v) is 5.96. The molecule has 1 heterocycles. The highest BCUT2D eigenvalue weighted by Crippen LogP contribution is 2.18. The van der Waals surface area contributed by atoms with Gasteiger partial charge >= 0.3 is 6.18 Å². The first-order valence-electron chi connectivity index (χ1n) is 5.96. The van der Waals surface area contributed by atoms with Gasteiger partial charge in [-0.15, -0.1) is 0 Å². The summed E-state index contributed by atoms with van der Waals surface area (Å²) in [6.45, 7) is 5.38. The Morgan fingerprint density at radius 1 is 1.00 bits per heavy atom. The van der Waals surface area contributed by atoms with Crippen LogP contribution in [-0.4, -0.2) is 66.0 Å². The van der Waals surface area contributed by atoms with Crippen molar-refractivity contribution < 1.29 is 18.3 Å². The third-order valence-corrected chi connectivity index (χ3v) is 3.19. The van der Waals surface area contributed by atoms with Crippen molar-refractivity contribution in [3.8, 4) is 0 Å². The Balaban J connectivity index is 2.31. The van der Waals surface area contributed by atoms with Gasteiger partial charge in [0.15, 0.2) is 0 Å². The van der Waals surface area contributed by atoms with Crippen LogP contribution in [0.15, 0.2) is 0 Å². The number of rotatable bonds is 4. The van der Waals surface area contributed by atoms with Crippen LogP contribution in [0.25, 0.3) is 0 Å². The van der Waals surface area contributed by atoms with Gasteiger partial charge in [0, 0.05) is 32.7 Å². The SMILES string of the molecule is CCC(C)(O)CN1CCN(CC(F)(F)F)CC1. The van der Waals surface area contributed by atoms with Gasteiger partial charge in [0.1, 0.15) is 0 Å². The molecule has 0 aromatic heterocycles. The fourth-order valence-electron chi connectivity index (χ4n) is 1.95. The molecule has 1 atom stereocenters. The first kappa shape index (κ1) is 14.7. The van der Waals surface area contributed by atoms with Crippen molar-refractivity contribution >= 4 is 0 Å². The van der Waals surface area contributed by atoms with Gasteiger partial charge in [-0.1, -0.05) is 6.92 Å². The molecule has 0 amide bonds. The van der Waals surface area contributed by atoms with Crippen LogP contribution in [-0.2, 0) is 0 Å². The minimum atomic E-state index is -4.11. The smallest absolute Gasteiger partial charge is 0.389 e. The van der Waals surface area contributed by atoms with Crippen LogP contribution in [0.1, 0.15) is 20.3 Å². The lowest BCUT2D eigenvalue weighted by atomic mass is 10.0. The second-order valence-electron chi connectivity index (χ2n) is 5.02. The van der Waals surface area contributed by atoms with E-state index in [4.69, 9.17) is 0 Å². The summed E-state index contributed by atoms with van der Waals surface area (Å²) in [6.07, 6.45) is -3.47. The van der Waals surface area contributed by atoms with E-state index in [1.165, 1.54) is 4.90 Å². The molecule has 6 heteroatoms. The standard InChI is InChI=1S/C11H21F3N2O/c1-3-10(2,17)8-15-4-6-16(7-5-15)9-11(12,13)14/h17H,3-9H2,1-2H3. The van der Waals surface area contributed by atoms with E-state index < -0.39 is 18.3 Å². The minimum Gasteiger partial charge on any atom is -0.389 e. The quantitative estimate of drug-likeness (QED) is 0.820. The lowest BCUT2D eigenvalue weighted by Gasteiger charge is -2.38. The third-order valence-electron chi connectivity index (χ3n) is 3.19. The lowest BCUT2D eigenvalue weighted by Crippen LogP contribution is -2.52. The molecule has 0 saturated carbocycles. The molecule has 3 nitrogen and oxygen atoms in total. The average Bonchev–Trinajstić information content (AvgIpc) is 2.19. The Hall–Kier alpha value is -0.330. The van der Waals surface area contributed by atoms with E-state index in [2.05, 4.69) is 0 Å². The predicted molar refractivity (Wildman–Crippen MR) is 59.8 cm³/mol. The molecule has 0 aromatic rings. The van der Waals surface area contributed by atoms with Crippen LogP contribution in [0.5, 0.6) is 0 Å². The van der Waals surface area contributed by atoms with Crippen LogP contribution < -0.4 is 0 Å². The maximum absolute atomic E-state index is 12.2. The van der Waals surface area contributed by atoms with Gasteiger partial charge in [0.25, 0.3) is 0 Å². The molecule has 0 bridgehead atoms. The fourth-order valence-corrected chi connectivity index (χ4v) is 1.95. The second kappa shape index (κ2) is 5.54. The van der Waals surface area contributed by atoms with Gasteiger partial charge in [0.2, 0.25) is 0 Å². The number of nitrogens with zero attached hydrogens (tertiary/aromatic N) is 2. The van der Waals surface area contributed by atoms with Gasteiger partial charge in [0.05, 0.1) is 12.1 Å². The van der Waals surface area contributed by atoms with Crippen molar-refractivity contribution in [2.75, 3.05) is 39.3 Å². The molecule has 1 rings (SSSR count). The first-order chi connectivity index (χ1) is 7.72. The van der Waals surface area contributed by atoms with Gasteiger partial charge in [-0.05, 0) is 13.3 Å². The molecule has 1 N–H and O–H groups in total. The van der Waals surface area contributed by atoms with Gasteiger partial charge in [-0.2, -0.15) is 13.2 Å². The van der Waals surface area contributed by atoms with Crippen molar-refractivity contribution in [2.45, 2.75) is 32.0 Å². The molecule has 17 heavy (non-hydrogen) atoms. The number of piperazine rings is 1. The highest BCUT2D eigenvalue weighted by Gasteiger charge is 2.33. The Morgan fingerprint density at radius 2 is 1.41 bits per heavy atom.